The zero-order valence-electron chi connectivity index (χ0n) is 11.8. The number of nitrogens with zero attached hydrogens (tertiary/aromatic N) is 1. The summed E-state index contributed by atoms with van der Waals surface area (Å²) >= 11 is 0. The van der Waals surface area contributed by atoms with Gasteiger partial charge in [0, 0.05) is 26.2 Å². The van der Waals surface area contributed by atoms with Gasteiger partial charge in [0.1, 0.15) is 29.6 Å². The fraction of sp³-hybridized carbons (Fsp3) is 0.188. The minimum Gasteiger partial charge on any atom is -0.489 e. The predicted octanol–water partition coefficient (Wildman–Crippen LogP) is 3.25. The summed E-state index contributed by atoms with van der Waals surface area (Å²) in [6.45, 7) is 0.195. The Labute approximate surface area is 121 Å². The summed E-state index contributed by atoms with van der Waals surface area (Å²) in [6.07, 6.45) is 0. The van der Waals surface area contributed by atoms with E-state index in [4.69, 9.17) is 4.74 Å². The van der Waals surface area contributed by atoms with Crippen molar-refractivity contribution in [1.29, 1.82) is 0 Å². The molecular weight excluding hydrogens is 276 g/mol. The van der Waals surface area contributed by atoms with E-state index < -0.39 is 23.1 Å². The van der Waals surface area contributed by atoms with Crippen LogP contribution in [0.3, 0.4) is 0 Å². The Morgan fingerprint density at radius 2 is 1.67 bits per heavy atom. The van der Waals surface area contributed by atoms with Crippen molar-refractivity contribution in [2.75, 3.05) is 14.1 Å². The first-order chi connectivity index (χ1) is 9.99. The molecule has 2 rings (SSSR count). The predicted molar refractivity (Wildman–Crippen MR) is 75.1 cm³/mol. The molecule has 0 fully saturated rings. The molecule has 2 aromatic carbocycles. The smallest absolute Gasteiger partial charge is 0.259 e. The van der Waals surface area contributed by atoms with Crippen LogP contribution in [-0.4, -0.2) is 24.9 Å². The minimum absolute atomic E-state index is 0.0455. The lowest BCUT2D eigenvalue weighted by atomic mass is 10.1. The highest BCUT2D eigenvalue weighted by molar-refractivity contribution is 5.94. The maximum atomic E-state index is 13.9. The largest absolute Gasteiger partial charge is 0.489 e. The number of carbonyl (C=O) groups is 1. The van der Waals surface area contributed by atoms with Crippen LogP contribution in [0, 0.1) is 11.6 Å². The zero-order valence-corrected chi connectivity index (χ0v) is 11.8. The van der Waals surface area contributed by atoms with Crippen molar-refractivity contribution in [1.82, 2.24) is 4.90 Å². The molecule has 0 atom stereocenters. The Balaban J connectivity index is 2.18. The van der Waals surface area contributed by atoms with E-state index in [0.717, 1.165) is 22.6 Å². The average Bonchev–Trinajstić information content (AvgIpc) is 2.45. The molecule has 0 aromatic heterocycles. The van der Waals surface area contributed by atoms with Gasteiger partial charge in [-0.25, -0.2) is 8.78 Å². The lowest BCUT2D eigenvalue weighted by molar-refractivity contribution is 0.0818. The van der Waals surface area contributed by atoms with Gasteiger partial charge in [-0.3, -0.25) is 4.79 Å². The highest BCUT2D eigenvalue weighted by atomic mass is 19.1. The topological polar surface area (TPSA) is 29.5 Å². The summed E-state index contributed by atoms with van der Waals surface area (Å²) in [5, 5.41) is 0. The Bertz CT molecular complexity index is 619. The Morgan fingerprint density at radius 1 is 1.10 bits per heavy atom. The fourth-order valence-corrected chi connectivity index (χ4v) is 1.80. The molecule has 0 aliphatic heterocycles. The van der Waals surface area contributed by atoms with Crippen LogP contribution in [0.4, 0.5) is 8.78 Å². The van der Waals surface area contributed by atoms with E-state index in [1.807, 2.05) is 30.3 Å². The third kappa shape index (κ3) is 3.56. The van der Waals surface area contributed by atoms with Crippen LogP contribution in [0.15, 0.2) is 42.5 Å². The van der Waals surface area contributed by atoms with Crippen molar-refractivity contribution in [3.63, 3.8) is 0 Å². The van der Waals surface area contributed by atoms with Crippen LogP contribution in [0.5, 0.6) is 5.75 Å². The molecule has 3 nitrogen and oxygen atoms in total. The molecule has 2 aromatic rings. The molecule has 5 heteroatoms. The minimum atomic E-state index is -0.934. The summed E-state index contributed by atoms with van der Waals surface area (Å²) in [6, 6.07) is 11.3. The van der Waals surface area contributed by atoms with Crippen molar-refractivity contribution < 1.29 is 18.3 Å². The quantitative estimate of drug-likeness (QED) is 0.865. The lowest BCUT2D eigenvalue weighted by Gasteiger charge is -2.13. The Morgan fingerprint density at radius 3 is 2.19 bits per heavy atom. The van der Waals surface area contributed by atoms with Crippen molar-refractivity contribution in [3.05, 3.63) is 65.2 Å². The van der Waals surface area contributed by atoms with Gasteiger partial charge in [-0.15, -0.1) is 0 Å². The SMILES string of the molecule is CN(C)C(=O)c1c(F)cc(OCc2ccccc2)cc1F. The molecular formula is C16H15F2NO2. The number of ether oxygens (including phenoxy) is 1. The first-order valence-corrected chi connectivity index (χ1v) is 6.36. The molecule has 0 N–H and O–H groups in total. The molecule has 0 unspecified atom stereocenters. The van der Waals surface area contributed by atoms with Gasteiger partial charge in [-0.05, 0) is 5.56 Å². The van der Waals surface area contributed by atoms with Crippen LogP contribution in [0.2, 0.25) is 0 Å². The van der Waals surface area contributed by atoms with E-state index in [-0.39, 0.29) is 12.4 Å². The number of carbonyl (C=O) groups excluding carboxylic acids is 1. The third-order valence-corrected chi connectivity index (χ3v) is 2.88. The first kappa shape index (κ1) is 15.0. The molecule has 0 saturated heterocycles. The van der Waals surface area contributed by atoms with Crippen LogP contribution in [0.25, 0.3) is 0 Å². The van der Waals surface area contributed by atoms with E-state index in [1.165, 1.54) is 14.1 Å². The van der Waals surface area contributed by atoms with Gasteiger partial charge >= 0.3 is 0 Å². The highest BCUT2D eigenvalue weighted by Crippen LogP contribution is 2.22. The summed E-state index contributed by atoms with van der Waals surface area (Å²) in [5.74, 6) is -2.54. The highest BCUT2D eigenvalue weighted by Gasteiger charge is 2.20. The number of benzene rings is 2. The molecule has 0 saturated carbocycles. The Kier molecular flexibility index (Phi) is 4.52. The van der Waals surface area contributed by atoms with Crippen molar-refractivity contribution in [3.8, 4) is 5.75 Å². The van der Waals surface area contributed by atoms with Crippen molar-refractivity contribution in [2.24, 2.45) is 0 Å². The molecule has 1 amide bonds. The molecule has 0 heterocycles. The van der Waals surface area contributed by atoms with Crippen LogP contribution < -0.4 is 4.74 Å². The monoisotopic (exact) mass is 291 g/mol. The normalized spacial score (nSPS) is 10.3. The van der Waals surface area contributed by atoms with Crippen LogP contribution in [-0.2, 0) is 6.61 Å². The fourth-order valence-electron chi connectivity index (χ4n) is 1.80. The van der Waals surface area contributed by atoms with Crippen LogP contribution >= 0.6 is 0 Å². The zero-order chi connectivity index (χ0) is 15.4. The van der Waals surface area contributed by atoms with Crippen molar-refractivity contribution >= 4 is 5.91 Å². The summed E-state index contributed by atoms with van der Waals surface area (Å²) in [5.41, 5.74) is 0.304. The number of hydrogen-bond acceptors (Lipinski definition) is 2. The van der Waals surface area contributed by atoms with E-state index >= 15 is 0 Å². The van der Waals surface area contributed by atoms with E-state index in [2.05, 4.69) is 0 Å². The van der Waals surface area contributed by atoms with Gasteiger partial charge in [-0.1, -0.05) is 30.3 Å². The van der Waals surface area contributed by atoms with Crippen LogP contribution in [0.1, 0.15) is 15.9 Å². The summed E-state index contributed by atoms with van der Waals surface area (Å²) < 4.78 is 33.1. The molecule has 0 aliphatic carbocycles. The van der Waals surface area contributed by atoms with E-state index in [9.17, 15) is 13.6 Å². The van der Waals surface area contributed by atoms with Crippen molar-refractivity contribution in [2.45, 2.75) is 6.61 Å². The molecule has 0 radical (unpaired) electrons. The van der Waals surface area contributed by atoms with Gasteiger partial charge in [0.15, 0.2) is 0 Å². The van der Waals surface area contributed by atoms with Gasteiger partial charge < -0.3 is 9.64 Å². The Hall–Kier alpha value is -2.43. The average molecular weight is 291 g/mol. The second kappa shape index (κ2) is 6.35. The van der Waals surface area contributed by atoms with Gasteiger partial charge in [-0.2, -0.15) is 0 Å². The summed E-state index contributed by atoms with van der Waals surface area (Å²) in [4.78, 5) is 12.8. The number of hydrogen-bond donors (Lipinski definition) is 0. The van der Waals surface area contributed by atoms with Gasteiger partial charge in [0.25, 0.3) is 5.91 Å². The van der Waals surface area contributed by atoms with Gasteiger partial charge in [0.05, 0.1) is 0 Å². The standard InChI is InChI=1S/C16H15F2NO2/c1-19(2)16(20)15-13(17)8-12(9-14(15)18)21-10-11-6-4-3-5-7-11/h3-9H,10H2,1-2H3. The van der Waals surface area contributed by atoms with E-state index in [1.54, 1.807) is 0 Å². The first-order valence-electron chi connectivity index (χ1n) is 6.36. The summed E-state index contributed by atoms with van der Waals surface area (Å²) in [7, 11) is 2.86. The number of rotatable bonds is 4. The maximum absolute atomic E-state index is 13.9. The molecule has 0 aliphatic rings. The van der Waals surface area contributed by atoms with E-state index in [0.29, 0.717) is 0 Å². The molecule has 0 bridgehead atoms. The third-order valence-electron chi connectivity index (χ3n) is 2.88. The second-order valence-electron chi connectivity index (χ2n) is 4.74. The van der Waals surface area contributed by atoms with Gasteiger partial charge in [0.2, 0.25) is 0 Å². The number of amides is 1. The molecule has 21 heavy (non-hydrogen) atoms. The lowest BCUT2D eigenvalue weighted by Crippen LogP contribution is -2.24. The number of halogens is 2. The molecule has 0 spiro atoms. The molecule has 110 valence electrons. The maximum Gasteiger partial charge on any atom is 0.259 e. The second-order valence-corrected chi connectivity index (χ2v) is 4.74.